The quantitative estimate of drug-likeness (QED) is 0.295. The minimum Gasteiger partial charge on any atom is -0.480 e. The molecule has 5 N–H and O–H groups in total. The van der Waals surface area contributed by atoms with Crippen LogP contribution in [0.15, 0.2) is 30.3 Å². The molecule has 10 heteroatoms. The fourth-order valence-corrected chi connectivity index (χ4v) is 4.16. The Morgan fingerprint density at radius 3 is 2.39 bits per heavy atom. The Kier molecular flexibility index (Phi) is 10.2. The van der Waals surface area contributed by atoms with Crippen LogP contribution in [0.4, 0.5) is 0 Å². The van der Waals surface area contributed by atoms with Crippen LogP contribution in [-0.2, 0) is 25.6 Å². The summed E-state index contributed by atoms with van der Waals surface area (Å²) in [4.78, 5) is 51.7. The summed E-state index contributed by atoms with van der Waals surface area (Å²) in [5, 5.41) is 14.4. The molecule has 1 aliphatic heterocycles. The average Bonchev–Trinajstić information content (AvgIpc) is 3.26. The number of likely N-dealkylation sites (tertiary alicyclic amines) is 1. The van der Waals surface area contributed by atoms with Gasteiger partial charge in [0.1, 0.15) is 18.1 Å². The lowest BCUT2D eigenvalue weighted by atomic mass is 10.0. The third kappa shape index (κ3) is 7.75. The number of aliphatic carboxylic acids is 1. The van der Waals surface area contributed by atoms with Gasteiger partial charge in [-0.3, -0.25) is 14.4 Å². The average molecular weight is 479 g/mol. The first-order chi connectivity index (χ1) is 15.6. The van der Waals surface area contributed by atoms with E-state index in [-0.39, 0.29) is 24.0 Å². The second-order valence-corrected chi connectivity index (χ2v) is 9.12. The normalized spacial score (nSPS) is 18.5. The smallest absolute Gasteiger partial charge is 0.327 e. The molecular formula is C23H34N4O5S. The predicted molar refractivity (Wildman–Crippen MR) is 128 cm³/mol. The van der Waals surface area contributed by atoms with Gasteiger partial charge in [0, 0.05) is 18.7 Å². The van der Waals surface area contributed by atoms with Gasteiger partial charge < -0.3 is 26.4 Å². The highest BCUT2D eigenvalue weighted by atomic mass is 32.1. The Morgan fingerprint density at radius 2 is 1.82 bits per heavy atom. The zero-order valence-electron chi connectivity index (χ0n) is 19.1. The molecule has 3 amide bonds. The zero-order chi connectivity index (χ0) is 24.5. The summed E-state index contributed by atoms with van der Waals surface area (Å²) < 4.78 is 0. The van der Waals surface area contributed by atoms with Crippen LogP contribution in [0, 0.1) is 5.92 Å². The molecule has 0 radical (unpaired) electrons. The Labute approximate surface area is 199 Å². The number of hydrogen-bond donors (Lipinski definition) is 5. The van der Waals surface area contributed by atoms with Crippen molar-refractivity contribution in [3.63, 3.8) is 0 Å². The van der Waals surface area contributed by atoms with Crippen LogP contribution in [-0.4, -0.2) is 70.2 Å². The molecule has 1 saturated heterocycles. The topological polar surface area (TPSA) is 142 Å². The van der Waals surface area contributed by atoms with Gasteiger partial charge in [-0.2, -0.15) is 12.6 Å². The fourth-order valence-electron chi connectivity index (χ4n) is 3.91. The monoisotopic (exact) mass is 478 g/mol. The van der Waals surface area contributed by atoms with Gasteiger partial charge in [-0.05, 0) is 30.7 Å². The molecule has 1 aromatic carbocycles. The van der Waals surface area contributed by atoms with E-state index in [0.717, 1.165) is 5.56 Å². The van der Waals surface area contributed by atoms with Crippen molar-refractivity contribution in [2.24, 2.45) is 11.7 Å². The molecule has 0 aliphatic carbocycles. The van der Waals surface area contributed by atoms with E-state index < -0.39 is 42.0 Å². The van der Waals surface area contributed by atoms with Gasteiger partial charge in [-0.25, -0.2) is 4.79 Å². The first-order valence-electron chi connectivity index (χ1n) is 11.2. The number of carbonyl (C=O) groups excluding carboxylic acids is 3. The third-order valence-electron chi connectivity index (χ3n) is 5.59. The minimum atomic E-state index is -1.21. The van der Waals surface area contributed by atoms with Crippen LogP contribution in [0.25, 0.3) is 0 Å². The SMILES string of the molecule is CC(C)CC(N)C(=O)N1CCCC1C(=O)NC(Cc1ccccc1)C(=O)NC(CS)C(=O)O. The fraction of sp³-hybridized carbons (Fsp3) is 0.565. The maximum Gasteiger partial charge on any atom is 0.327 e. The molecule has 9 nitrogen and oxygen atoms in total. The Morgan fingerprint density at radius 1 is 1.15 bits per heavy atom. The van der Waals surface area contributed by atoms with E-state index in [4.69, 9.17) is 5.73 Å². The predicted octanol–water partition coefficient (Wildman–Crippen LogP) is 0.578. The van der Waals surface area contributed by atoms with Crippen molar-refractivity contribution in [2.75, 3.05) is 12.3 Å². The molecule has 4 atom stereocenters. The van der Waals surface area contributed by atoms with E-state index in [9.17, 15) is 24.3 Å². The number of nitrogens with two attached hydrogens (primary N) is 1. The highest BCUT2D eigenvalue weighted by Gasteiger charge is 2.38. The lowest BCUT2D eigenvalue weighted by molar-refractivity contribution is -0.142. The van der Waals surface area contributed by atoms with Gasteiger partial charge in [0.05, 0.1) is 6.04 Å². The van der Waals surface area contributed by atoms with E-state index in [0.29, 0.717) is 25.8 Å². The van der Waals surface area contributed by atoms with Crippen molar-refractivity contribution in [3.8, 4) is 0 Å². The molecule has 4 unspecified atom stereocenters. The van der Waals surface area contributed by atoms with Crippen LogP contribution in [0.5, 0.6) is 0 Å². The van der Waals surface area contributed by atoms with Crippen molar-refractivity contribution in [2.45, 2.75) is 63.7 Å². The van der Waals surface area contributed by atoms with Crippen LogP contribution >= 0.6 is 12.6 Å². The minimum absolute atomic E-state index is 0.0915. The van der Waals surface area contributed by atoms with Crippen molar-refractivity contribution < 1.29 is 24.3 Å². The lowest BCUT2D eigenvalue weighted by Gasteiger charge is -2.29. The Hall–Kier alpha value is -2.59. The number of benzene rings is 1. The largest absolute Gasteiger partial charge is 0.480 e. The molecule has 0 bridgehead atoms. The number of carboxylic acids is 1. The Balaban J connectivity index is 2.16. The first kappa shape index (κ1) is 26.7. The summed E-state index contributed by atoms with van der Waals surface area (Å²) >= 11 is 3.98. The van der Waals surface area contributed by atoms with Crippen molar-refractivity contribution >= 4 is 36.3 Å². The third-order valence-corrected chi connectivity index (χ3v) is 5.96. The molecule has 33 heavy (non-hydrogen) atoms. The molecule has 1 heterocycles. The maximum absolute atomic E-state index is 13.1. The summed E-state index contributed by atoms with van der Waals surface area (Å²) in [6, 6.07) is 5.49. The summed E-state index contributed by atoms with van der Waals surface area (Å²) in [5.41, 5.74) is 6.86. The summed E-state index contributed by atoms with van der Waals surface area (Å²) in [7, 11) is 0. The molecule has 182 valence electrons. The number of amides is 3. The number of hydrogen-bond acceptors (Lipinski definition) is 6. The number of nitrogens with zero attached hydrogens (tertiary/aromatic N) is 1. The van der Waals surface area contributed by atoms with Gasteiger partial charge in [0.25, 0.3) is 0 Å². The van der Waals surface area contributed by atoms with Crippen LogP contribution in [0.1, 0.15) is 38.7 Å². The molecule has 0 spiro atoms. The summed E-state index contributed by atoms with van der Waals surface area (Å²) in [6.07, 6.45) is 1.82. The second kappa shape index (κ2) is 12.6. The standard InChI is InChI=1S/C23H34N4O5S/c1-14(2)11-16(24)22(30)27-10-6-9-19(27)21(29)25-17(12-15-7-4-3-5-8-15)20(28)26-18(13-33)23(31)32/h3-5,7-8,14,16-19,33H,6,9-13,24H2,1-2H3,(H,25,29)(H,26,28)(H,31,32). The molecule has 0 saturated carbocycles. The van der Waals surface area contributed by atoms with Crippen molar-refractivity contribution in [1.29, 1.82) is 0 Å². The van der Waals surface area contributed by atoms with Gasteiger partial charge in [-0.1, -0.05) is 44.2 Å². The van der Waals surface area contributed by atoms with Gasteiger partial charge >= 0.3 is 5.97 Å². The Bertz CT molecular complexity index is 835. The number of carboxylic acid groups (broad SMARTS) is 1. The second-order valence-electron chi connectivity index (χ2n) is 8.76. The van der Waals surface area contributed by atoms with E-state index in [2.05, 4.69) is 23.3 Å². The van der Waals surface area contributed by atoms with E-state index in [1.165, 1.54) is 4.90 Å². The molecule has 1 aliphatic rings. The summed E-state index contributed by atoms with van der Waals surface area (Å²) in [5.74, 6) is -2.41. The zero-order valence-corrected chi connectivity index (χ0v) is 20.0. The number of nitrogens with one attached hydrogen (secondary N) is 2. The number of carbonyl (C=O) groups is 4. The van der Waals surface area contributed by atoms with E-state index in [1.54, 1.807) is 0 Å². The number of thiol groups is 1. The molecule has 1 fully saturated rings. The van der Waals surface area contributed by atoms with Crippen molar-refractivity contribution in [3.05, 3.63) is 35.9 Å². The van der Waals surface area contributed by atoms with Gasteiger partial charge in [0.15, 0.2) is 0 Å². The van der Waals surface area contributed by atoms with Gasteiger partial charge in [0.2, 0.25) is 17.7 Å². The number of rotatable bonds is 11. The van der Waals surface area contributed by atoms with Crippen LogP contribution < -0.4 is 16.4 Å². The van der Waals surface area contributed by atoms with Crippen LogP contribution in [0.3, 0.4) is 0 Å². The first-order valence-corrected chi connectivity index (χ1v) is 11.8. The lowest BCUT2D eigenvalue weighted by Crippen LogP contribution is -2.57. The molecule has 2 rings (SSSR count). The van der Waals surface area contributed by atoms with Crippen molar-refractivity contribution in [1.82, 2.24) is 15.5 Å². The highest BCUT2D eigenvalue weighted by Crippen LogP contribution is 2.20. The maximum atomic E-state index is 13.1. The van der Waals surface area contributed by atoms with Gasteiger partial charge in [-0.15, -0.1) is 0 Å². The highest BCUT2D eigenvalue weighted by molar-refractivity contribution is 7.80. The summed E-state index contributed by atoms with van der Waals surface area (Å²) in [6.45, 7) is 4.38. The van der Waals surface area contributed by atoms with E-state index >= 15 is 0 Å². The molecule has 1 aromatic rings. The van der Waals surface area contributed by atoms with Crippen LogP contribution in [0.2, 0.25) is 0 Å². The van der Waals surface area contributed by atoms with E-state index in [1.807, 2.05) is 44.2 Å². The molecule has 0 aromatic heterocycles. The molecular weight excluding hydrogens is 444 g/mol.